The Labute approximate surface area is 123 Å². The first-order valence-electron chi connectivity index (χ1n) is 7.62. The zero-order valence-corrected chi connectivity index (χ0v) is 13.3. The molecule has 20 heavy (non-hydrogen) atoms. The van der Waals surface area contributed by atoms with Gasteiger partial charge >= 0.3 is 0 Å². The van der Waals surface area contributed by atoms with E-state index in [1.807, 2.05) is 12.1 Å². The fraction of sp³-hybridized carbons (Fsp3) is 0.588. The van der Waals surface area contributed by atoms with Gasteiger partial charge in [-0.3, -0.25) is 4.79 Å². The third-order valence-corrected chi connectivity index (χ3v) is 3.45. The maximum Gasteiger partial charge on any atom is 0.226 e. The molecule has 1 aromatic rings. The first kappa shape index (κ1) is 16.5. The number of benzene rings is 1. The molecule has 112 valence electrons. The third-order valence-electron chi connectivity index (χ3n) is 3.45. The molecule has 1 aromatic carbocycles. The lowest BCUT2D eigenvalue weighted by Crippen LogP contribution is -2.23. The molecule has 1 N–H and O–H groups in total. The quantitative estimate of drug-likeness (QED) is 0.785. The van der Waals surface area contributed by atoms with Gasteiger partial charge in [0, 0.05) is 25.8 Å². The molecule has 0 heterocycles. The molecule has 0 atom stereocenters. The first-order valence-corrected chi connectivity index (χ1v) is 7.62. The largest absolute Gasteiger partial charge is 0.382 e. The van der Waals surface area contributed by atoms with Crippen molar-refractivity contribution in [3.8, 4) is 0 Å². The van der Waals surface area contributed by atoms with Crippen LogP contribution < -0.4 is 5.32 Å². The number of hydrogen-bond donors (Lipinski definition) is 1. The lowest BCUT2D eigenvalue weighted by molar-refractivity contribution is -0.127. The molecule has 0 spiro atoms. The van der Waals surface area contributed by atoms with Crippen LogP contribution in [0.4, 0.5) is 5.69 Å². The molecule has 0 fully saturated rings. The van der Waals surface area contributed by atoms with E-state index in [1.54, 1.807) is 19.0 Å². The van der Waals surface area contributed by atoms with Gasteiger partial charge in [-0.05, 0) is 30.5 Å². The van der Waals surface area contributed by atoms with Crippen LogP contribution in [0, 0.1) is 0 Å². The molecule has 0 aliphatic heterocycles. The van der Waals surface area contributed by atoms with E-state index in [0.717, 1.165) is 11.3 Å². The van der Waals surface area contributed by atoms with Crippen LogP contribution in [0.2, 0.25) is 0 Å². The third kappa shape index (κ3) is 5.64. The van der Waals surface area contributed by atoms with Crippen LogP contribution in [0.5, 0.6) is 0 Å². The fourth-order valence-electron chi connectivity index (χ4n) is 2.27. The molecular weight excluding hydrogens is 248 g/mol. The molecule has 0 saturated heterocycles. The molecule has 0 unspecified atom stereocenters. The van der Waals surface area contributed by atoms with Crippen LogP contribution in [0.25, 0.3) is 0 Å². The Morgan fingerprint density at radius 1 is 1.10 bits per heavy atom. The Bertz CT molecular complexity index is 392. The average Bonchev–Trinajstić information content (AvgIpc) is 2.41. The van der Waals surface area contributed by atoms with E-state index >= 15 is 0 Å². The van der Waals surface area contributed by atoms with Crippen molar-refractivity contribution < 1.29 is 4.79 Å². The lowest BCUT2D eigenvalue weighted by Gasteiger charge is -2.19. The number of carbonyl (C=O) groups is 1. The molecule has 1 rings (SSSR count). The van der Waals surface area contributed by atoms with Crippen molar-refractivity contribution >= 4 is 11.6 Å². The maximum atomic E-state index is 11.7. The Balaban J connectivity index is 2.59. The van der Waals surface area contributed by atoms with E-state index in [0.29, 0.717) is 12.5 Å². The van der Waals surface area contributed by atoms with Crippen molar-refractivity contribution in [2.24, 2.45) is 0 Å². The van der Waals surface area contributed by atoms with E-state index in [-0.39, 0.29) is 5.91 Å². The van der Waals surface area contributed by atoms with Crippen molar-refractivity contribution in [1.82, 2.24) is 4.90 Å². The van der Waals surface area contributed by atoms with E-state index in [9.17, 15) is 4.79 Å². The molecule has 0 aromatic heterocycles. The van der Waals surface area contributed by atoms with E-state index in [4.69, 9.17) is 0 Å². The van der Waals surface area contributed by atoms with E-state index in [1.165, 1.54) is 25.7 Å². The minimum atomic E-state index is 0.139. The zero-order valence-electron chi connectivity index (χ0n) is 13.3. The lowest BCUT2D eigenvalue weighted by atomic mass is 10.1. The smallest absolute Gasteiger partial charge is 0.226 e. The van der Waals surface area contributed by atoms with Gasteiger partial charge in [-0.15, -0.1) is 0 Å². The number of anilines is 1. The standard InChI is InChI=1S/C17H28N2O/c1-5-7-15(8-6-2)18-16-11-9-14(10-12-16)13-17(20)19(3)4/h9-12,15,18H,5-8,13H2,1-4H3. The van der Waals surface area contributed by atoms with Gasteiger partial charge in [0.25, 0.3) is 0 Å². The van der Waals surface area contributed by atoms with Crippen LogP contribution >= 0.6 is 0 Å². The molecule has 1 amide bonds. The van der Waals surface area contributed by atoms with Crippen LogP contribution in [0.3, 0.4) is 0 Å². The summed E-state index contributed by atoms with van der Waals surface area (Å²) in [6.45, 7) is 4.45. The average molecular weight is 276 g/mol. The Kier molecular flexibility index (Phi) is 7.13. The summed E-state index contributed by atoms with van der Waals surface area (Å²) < 4.78 is 0. The minimum Gasteiger partial charge on any atom is -0.382 e. The summed E-state index contributed by atoms with van der Waals surface area (Å²) in [6, 6.07) is 8.80. The highest BCUT2D eigenvalue weighted by atomic mass is 16.2. The van der Waals surface area contributed by atoms with Crippen molar-refractivity contribution in [3.63, 3.8) is 0 Å². The van der Waals surface area contributed by atoms with Gasteiger partial charge in [0.2, 0.25) is 5.91 Å². The van der Waals surface area contributed by atoms with Gasteiger partial charge in [-0.1, -0.05) is 38.8 Å². The van der Waals surface area contributed by atoms with Crippen molar-refractivity contribution in [2.45, 2.75) is 52.0 Å². The summed E-state index contributed by atoms with van der Waals surface area (Å²) in [6.07, 6.45) is 5.28. The number of nitrogens with one attached hydrogen (secondary N) is 1. The van der Waals surface area contributed by atoms with Crippen molar-refractivity contribution in [3.05, 3.63) is 29.8 Å². The molecule has 3 nitrogen and oxygen atoms in total. The van der Waals surface area contributed by atoms with Gasteiger partial charge in [-0.25, -0.2) is 0 Å². The molecule has 0 saturated carbocycles. The predicted molar refractivity (Wildman–Crippen MR) is 86.1 cm³/mol. The second-order valence-corrected chi connectivity index (χ2v) is 5.58. The van der Waals surface area contributed by atoms with Crippen molar-refractivity contribution in [2.75, 3.05) is 19.4 Å². The van der Waals surface area contributed by atoms with Crippen LogP contribution in [-0.4, -0.2) is 30.9 Å². The second kappa shape index (κ2) is 8.62. The van der Waals surface area contributed by atoms with Crippen LogP contribution in [-0.2, 0) is 11.2 Å². The SMILES string of the molecule is CCCC(CCC)Nc1ccc(CC(=O)N(C)C)cc1. The number of rotatable bonds is 8. The molecule has 3 heteroatoms. The molecule has 0 radical (unpaired) electrons. The molecular formula is C17H28N2O. The van der Waals surface area contributed by atoms with Crippen LogP contribution in [0.1, 0.15) is 45.1 Å². The van der Waals surface area contributed by atoms with Crippen molar-refractivity contribution in [1.29, 1.82) is 0 Å². The monoisotopic (exact) mass is 276 g/mol. The predicted octanol–water partition coefficient (Wildman–Crippen LogP) is 3.70. The highest BCUT2D eigenvalue weighted by Crippen LogP contribution is 2.15. The normalized spacial score (nSPS) is 10.7. The summed E-state index contributed by atoms with van der Waals surface area (Å²) >= 11 is 0. The Morgan fingerprint density at radius 3 is 2.10 bits per heavy atom. The summed E-state index contributed by atoms with van der Waals surface area (Å²) in [5.41, 5.74) is 2.22. The molecule has 0 aliphatic rings. The minimum absolute atomic E-state index is 0.139. The highest BCUT2D eigenvalue weighted by Gasteiger charge is 2.08. The Hall–Kier alpha value is -1.51. The van der Waals surface area contributed by atoms with Gasteiger partial charge in [0.1, 0.15) is 0 Å². The molecule has 0 aliphatic carbocycles. The number of amides is 1. The summed E-state index contributed by atoms with van der Waals surface area (Å²) in [5.74, 6) is 0.139. The zero-order chi connectivity index (χ0) is 15.0. The van der Waals surface area contributed by atoms with Gasteiger partial charge < -0.3 is 10.2 Å². The topological polar surface area (TPSA) is 32.3 Å². The number of hydrogen-bond acceptors (Lipinski definition) is 2. The number of likely N-dealkylation sites (N-methyl/N-ethyl adjacent to an activating group) is 1. The maximum absolute atomic E-state index is 11.7. The first-order chi connectivity index (χ1) is 9.56. The Morgan fingerprint density at radius 2 is 1.65 bits per heavy atom. The number of carbonyl (C=O) groups excluding carboxylic acids is 1. The van der Waals surface area contributed by atoms with Gasteiger partial charge in [-0.2, -0.15) is 0 Å². The fourth-order valence-corrected chi connectivity index (χ4v) is 2.27. The van der Waals surface area contributed by atoms with E-state index < -0.39 is 0 Å². The molecule has 0 bridgehead atoms. The van der Waals surface area contributed by atoms with Gasteiger partial charge in [0.05, 0.1) is 6.42 Å². The highest BCUT2D eigenvalue weighted by molar-refractivity contribution is 5.78. The summed E-state index contributed by atoms with van der Waals surface area (Å²) in [4.78, 5) is 13.3. The van der Waals surface area contributed by atoms with Gasteiger partial charge in [0.15, 0.2) is 0 Å². The van der Waals surface area contributed by atoms with Crippen LogP contribution in [0.15, 0.2) is 24.3 Å². The summed E-state index contributed by atoms with van der Waals surface area (Å²) in [5, 5.41) is 3.59. The summed E-state index contributed by atoms with van der Waals surface area (Å²) in [7, 11) is 3.58. The second-order valence-electron chi connectivity index (χ2n) is 5.58. The van der Waals surface area contributed by atoms with E-state index in [2.05, 4.69) is 31.3 Å². The number of nitrogens with zero attached hydrogens (tertiary/aromatic N) is 1.